The van der Waals surface area contributed by atoms with E-state index in [-0.39, 0.29) is 5.78 Å². The van der Waals surface area contributed by atoms with E-state index in [1.165, 1.54) is 0 Å². The summed E-state index contributed by atoms with van der Waals surface area (Å²) in [6, 6.07) is 5.73. The monoisotopic (exact) mass is 270 g/mol. The zero-order chi connectivity index (χ0) is 11.3. The molecule has 0 unspecified atom stereocenters. The van der Waals surface area contributed by atoms with Gasteiger partial charge in [0.15, 0.2) is 5.78 Å². The molecule has 2 nitrogen and oxygen atoms in total. The van der Waals surface area contributed by atoms with Crippen molar-refractivity contribution in [1.29, 1.82) is 0 Å². The van der Waals surface area contributed by atoms with Crippen molar-refractivity contribution in [2.24, 2.45) is 0 Å². The van der Waals surface area contributed by atoms with E-state index in [1.54, 1.807) is 7.11 Å². The Labute approximate surface area is 98.8 Å². The van der Waals surface area contributed by atoms with Gasteiger partial charge in [0.2, 0.25) is 0 Å². The summed E-state index contributed by atoms with van der Waals surface area (Å²) in [6.07, 6.45) is 1.36. The lowest BCUT2D eigenvalue weighted by Gasteiger charge is -2.11. The third kappa shape index (κ3) is 2.81. The van der Waals surface area contributed by atoms with Crippen LogP contribution in [0.15, 0.2) is 18.2 Å². The zero-order valence-electron chi connectivity index (χ0n) is 9.05. The van der Waals surface area contributed by atoms with Gasteiger partial charge in [-0.15, -0.1) is 0 Å². The molecule has 0 N–H and O–H groups in total. The van der Waals surface area contributed by atoms with Crippen LogP contribution in [0.25, 0.3) is 0 Å². The maximum absolute atomic E-state index is 11.9. The van der Waals surface area contributed by atoms with Crippen molar-refractivity contribution in [3.63, 3.8) is 0 Å². The van der Waals surface area contributed by atoms with Crippen LogP contribution in [0.2, 0.25) is 0 Å². The number of Topliss-reactive ketones (excluding diaryl/α,β-unsaturated/α-hetero) is 1. The van der Waals surface area contributed by atoms with Gasteiger partial charge in [-0.3, -0.25) is 4.79 Å². The maximum atomic E-state index is 11.9. The number of methoxy groups -OCH3 is 1. The minimum atomic E-state index is 0.140. The Morgan fingerprint density at radius 2 is 2.20 bits per heavy atom. The maximum Gasteiger partial charge on any atom is 0.167 e. The van der Waals surface area contributed by atoms with Crippen molar-refractivity contribution >= 4 is 21.7 Å². The first-order valence-electron chi connectivity index (χ1n) is 4.99. The molecule has 0 spiro atoms. The number of hydrogen-bond acceptors (Lipinski definition) is 2. The second-order valence-corrected chi connectivity index (χ2v) is 4.00. The van der Waals surface area contributed by atoms with Gasteiger partial charge in [0.05, 0.1) is 12.7 Å². The zero-order valence-corrected chi connectivity index (χ0v) is 10.6. The first kappa shape index (κ1) is 12.2. The van der Waals surface area contributed by atoms with Crippen LogP contribution in [0.3, 0.4) is 0 Å². The van der Waals surface area contributed by atoms with Crippen LogP contribution in [0, 0.1) is 0 Å². The van der Waals surface area contributed by atoms with Gasteiger partial charge >= 0.3 is 0 Å². The van der Waals surface area contributed by atoms with Gasteiger partial charge in [-0.25, -0.2) is 0 Å². The van der Waals surface area contributed by atoms with Crippen molar-refractivity contribution in [1.82, 2.24) is 0 Å². The molecule has 0 aliphatic rings. The molecule has 1 aromatic carbocycles. The van der Waals surface area contributed by atoms with Crippen molar-refractivity contribution in [2.45, 2.75) is 19.8 Å². The number of halogens is 1. The minimum absolute atomic E-state index is 0.140. The highest BCUT2D eigenvalue weighted by molar-refractivity contribution is 9.09. The van der Waals surface area contributed by atoms with Crippen LogP contribution in [0.4, 0.5) is 0 Å². The van der Waals surface area contributed by atoms with Gasteiger partial charge in [-0.1, -0.05) is 35.0 Å². The predicted octanol–water partition coefficient (Wildman–Crippen LogP) is 3.23. The number of hydrogen-bond donors (Lipinski definition) is 0. The highest BCUT2D eigenvalue weighted by Gasteiger charge is 2.15. The number of benzene rings is 1. The molecule has 0 heterocycles. The Morgan fingerprint density at radius 1 is 1.47 bits per heavy atom. The van der Waals surface area contributed by atoms with Crippen LogP contribution < -0.4 is 4.74 Å². The normalized spacial score (nSPS) is 10.1. The fourth-order valence-electron chi connectivity index (χ4n) is 1.57. The summed E-state index contributed by atoms with van der Waals surface area (Å²) in [5.74, 6) is 0.821. The molecular weight excluding hydrogens is 256 g/mol. The molecule has 15 heavy (non-hydrogen) atoms. The number of alkyl halides is 1. The first-order chi connectivity index (χ1) is 7.24. The quantitative estimate of drug-likeness (QED) is 0.607. The fourth-order valence-corrected chi connectivity index (χ4v) is 1.93. The molecule has 0 atom stereocenters. The van der Waals surface area contributed by atoms with E-state index in [2.05, 4.69) is 15.9 Å². The molecule has 0 aliphatic carbocycles. The molecule has 0 fully saturated rings. The number of rotatable bonds is 5. The average molecular weight is 271 g/mol. The minimum Gasteiger partial charge on any atom is -0.496 e. The molecule has 82 valence electrons. The molecule has 0 saturated carbocycles. The fraction of sp³-hybridized carbons (Fsp3) is 0.417. The molecule has 0 amide bonds. The van der Waals surface area contributed by atoms with E-state index < -0.39 is 0 Å². The Morgan fingerprint density at radius 3 is 2.73 bits per heavy atom. The molecule has 0 bridgehead atoms. The van der Waals surface area contributed by atoms with Gasteiger partial charge in [-0.2, -0.15) is 0 Å². The van der Waals surface area contributed by atoms with Crippen molar-refractivity contribution in [3.8, 4) is 5.75 Å². The summed E-state index contributed by atoms with van der Waals surface area (Å²) in [5, 5.41) is 0.688. The molecule has 1 aromatic rings. The van der Waals surface area contributed by atoms with E-state index in [9.17, 15) is 4.79 Å². The molecular formula is C12H15BrO2. The summed E-state index contributed by atoms with van der Waals surface area (Å²) in [6.45, 7) is 2.04. The summed E-state index contributed by atoms with van der Waals surface area (Å²) in [4.78, 5) is 11.9. The third-order valence-electron chi connectivity index (χ3n) is 2.31. The average Bonchev–Trinajstić information content (AvgIpc) is 2.28. The lowest BCUT2D eigenvalue weighted by Crippen LogP contribution is -2.06. The van der Waals surface area contributed by atoms with Crippen molar-refractivity contribution in [2.75, 3.05) is 12.4 Å². The summed E-state index contributed by atoms with van der Waals surface area (Å²) in [5.41, 5.74) is 1.79. The summed E-state index contributed by atoms with van der Waals surface area (Å²) in [7, 11) is 1.60. The predicted molar refractivity (Wildman–Crippen MR) is 65.1 cm³/mol. The molecule has 3 heteroatoms. The van der Waals surface area contributed by atoms with Crippen LogP contribution >= 0.6 is 15.9 Å². The SMILES string of the molecule is CCc1cccc(OC)c1C(=O)CCBr. The van der Waals surface area contributed by atoms with Crippen LogP contribution in [0.5, 0.6) is 5.75 Å². The molecule has 0 aliphatic heterocycles. The lowest BCUT2D eigenvalue weighted by molar-refractivity contribution is 0.0986. The lowest BCUT2D eigenvalue weighted by atomic mass is 9.99. The summed E-state index contributed by atoms with van der Waals surface area (Å²) >= 11 is 3.28. The molecule has 1 rings (SSSR count). The van der Waals surface area contributed by atoms with Crippen LogP contribution in [-0.2, 0) is 6.42 Å². The molecule has 0 saturated heterocycles. The van der Waals surface area contributed by atoms with Gasteiger partial charge in [0.25, 0.3) is 0 Å². The smallest absolute Gasteiger partial charge is 0.167 e. The van der Waals surface area contributed by atoms with Crippen LogP contribution in [-0.4, -0.2) is 18.2 Å². The molecule has 0 aromatic heterocycles. The third-order valence-corrected chi connectivity index (χ3v) is 2.71. The van der Waals surface area contributed by atoms with Gasteiger partial charge in [0, 0.05) is 11.8 Å². The Bertz CT molecular complexity index is 325. The van der Waals surface area contributed by atoms with Crippen molar-refractivity contribution < 1.29 is 9.53 Å². The number of carbonyl (C=O) groups excluding carboxylic acids is 1. The molecule has 0 radical (unpaired) electrons. The summed E-state index contributed by atoms with van der Waals surface area (Å²) < 4.78 is 5.22. The standard InChI is InChI=1S/C12H15BrO2/c1-3-9-5-4-6-11(15-2)12(9)10(14)7-8-13/h4-6H,3,7-8H2,1-2H3. The number of ketones is 1. The van der Waals surface area contributed by atoms with E-state index in [1.807, 2.05) is 25.1 Å². The van der Waals surface area contributed by atoms with E-state index in [0.29, 0.717) is 17.5 Å². The van der Waals surface area contributed by atoms with Crippen molar-refractivity contribution in [3.05, 3.63) is 29.3 Å². The Balaban J connectivity index is 3.15. The largest absolute Gasteiger partial charge is 0.496 e. The second-order valence-electron chi connectivity index (χ2n) is 3.21. The highest BCUT2D eigenvalue weighted by Crippen LogP contribution is 2.24. The van der Waals surface area contributed by atoms with Gasteiger partial charge in [-0.05, 0) is 18.1 Å². The number of carbonyl (C=O) groups is 1. The van der Waals surface area contributed by atoms with E-state index in [0.717, 1.165) is 17.5 Å². The van der Waals surface area contributed by atoms with Gasteiger partial charge in [0.1, 0.15) is 5.75 Å². The number of ether oxygens (including phenoxy) is 1. The Kier molecular flexibility index (Phi) is 4.82. The first-order valence-corrected chi connectivity index (χ1v) is 6.11. The van der Waals surface area contributed by atoms with E-state index in [4.69, 9.17) is 4.74 Å². The van der Waals surface area contributed by atoms with Crippen LogP contribution in [0.1, 0.15) is 29.3 Å². The van der Waals surface area contributed by atoms with E-state index >= 15 is 0 Å². The highest BCUT2D eigenvalue weighted by atomic mass is 79.9. The van der Waals surface area contributed by atoms with Gasteiger partial charge < -0.3 is 4.74 Å². The second kappa shape index (κ2) is 5.91. The number of aryl methyl sites for hydroxylation is 1. The Hall–Kier alpha value is -0.830. The topological polar surface area (TPSA) is 26.3 Å².